The van der Waals surface area contributed by atoms with Crippen LogP contribution in [0.15, 0.2) is 101 Å². The van der Waals surface area contributed by atoms with Gasteiger partial charge < -0.3 is 4.57 Å². The van der Waals surface area contributed by atoms with E-state index in [1.165, 1.54) is 27.4 Å². The fourth-order valence-electron chi connectivity index (χ4n) is 5.08. The zero-order valence-electron chi connectivity index (χ0n) is 17.6. The molecule has 6 rings (SSSR count). The van der Waals surface area contributed by atoms with Gasteiger partial charge in [-0.15, -0.1) is 0 Å². The molecule has 0 fully saturated rings. The molecule has 5 aromatic rings. The Morgan fingerprint density at radius 1 is 0.844 bits per heavy atom. The number of fused-ring (bicyclic) bond motifs is 5. The van der Waals surface area contributed by atoms with Crippen LogP contribution in [0.1, 0.15) is 27.0 Å². The quantitative estimate of drug-likeness (QED) is 0.249. The number of ketones is 1. The molecule has 1 heterocycles. The first-order valence-corrected chi connectivity index (χ1v) is 11.5. The van der Waals surface area contributed by atoms with Crippen LogP contribution in [-0.2, 0) is 13.5 Å². The van der Waals surface area contributed by atoms with E-state index in [2.05, 4.69) is 70.0 Å². The predicted octanol–water partition coefficient (Wildman–Crippen LogP) is 7.33. The summed E-state index contributed by atoms with van der Waals surface area (Å²) in [5.74, 6) is 0.107. The molecule has 2 nitrogen and oxygen atoms in total. The van der Waals surface area contributed by atoms with Crippen LogP contribution < -0.4 is 0 Å². The van der Waals surface area contributed by atoms with Gasteiger partial charge in [-0.2, -0.15) is 0 Å². The normalized spacial score (nSPS) is 13.2. The number of nitrogens with zero attached hydrogens (tertiary/aromatic N) is 1. The molecule has 0 saturated carbocycles. The molecule has 0 saturated heterocycles. The molecule has 4 aromatic carbocycles. The third-order valence-electron chi connectivity index (χ3n) is 6.54. The van der Waals surface area contributed by atoms with Crippen molar-refractivity contribution in [3.05, 3.63) is 123 Å². The minimum Gasteiger partial charge on any atom is -0.344 e. The van der Waals surface area contributed by atoms with Crippen LogP contribution >= 0.6 is 15.9 Å². The number of hydrogen-bond donors (Lipinski definition) is 0. The Morgan fingerprint density at radius 2 is 1.53 bits per heavy atom. The van der Waals surface area contributed by atoms with Crippen molar-refractivity contribution in [3.63, 3.8) is 0 Å². The van der Waals surface area contributed by atoms with E-state index in [1.54, 1.807) is 0 Å². The van der Waals surface area contributed by atoms with Crippen molar-refractivity contribution in [2.75, 3.05) is 0 Å². The minimum absolute atomic E-state index is 0.107. The summed E-state index contributed by atoms with van der Waals surface area (Å²) in [6.45, 7) is 0. The molecule has 1 aliphatic carbocycles. The Morgan fingerprint density at radius 3 is 2.28 bits per heavy atom. The minimum atomic E-state index is 0.107. The van der Waals surface area contributed by atoms with Crippen LogP contribution in [0, 0.1) is 0 Å². The maximum atomic E-state index is 13.7. The molecule has 3 heteroatoms. The SMILES string of the molecule is Cn1c2ccc(Br)cc2c2c3c(ccc21)C(c1ccccc1)=C(C(=O)c1ccccc1)C3. The second-order valence-corrected chi connectivity index (χ2v) is 9.21. The summed E-state index contributed by atoms with van der Waals surface area (Å²) in [6, 6.07) is 30.7. The van der Waals surface area contributed by atoms with Crippen molar-refractivity contribution < 1.29 is 4.79 Å². The van der Waals surface area contributed by atoms with Crippen LogP contribution in [-0.4, -0.2) is 10.4 Å². The van der Waals surface area contributed by atoms with E-state index in [0.29, 0.717) is 6.42 Å². The van der Waals surface area contributed by atoms with Gasteiger partial charge in [0.05, 0.1) is 0 Å². The van der Waals surface area contributed by atoms with Crippen LogP contribution in [0.4, 0.5) is 0 Å². The van der Waals surface area contributed by atoms with Crippen molar-refractivity contribution in [2.45, 2.75) is 6.42 Å². The van der Waals surface area contributed by atoms with E-state index in [-0.39, 0.29) is 5.78 Å². The number of carbonyl (C=O) groups excluding carboxylic acids is 1. The van der Waals surface area contributed by atoms with Gasteiger partial charge in [0.2, 0.25) is 0 Å². The summed E-state index contributed by atoms with van der Waals surface area (Å²) in [5, 5.41) is 2.46. The van der Waals surface area contributed by atoms with E-state index >= 15 is 0 Å². The first-order chi connectivity index (χ1) is 15.6. The molecule has 0 radical (unpaired) electrons. The van der Waals surface area contributed by atoms with Gasteiger partial charge in [-0.25, -0.2) is 0 Å². The molecule has 1 aliphatic rings. The number of rotatable bonds is 3. The zero-order chi connectivity index (χ0) is 21.8. The highest BCUT2D eigenvalue weighted by molar-refractivity contribution is 9.10. The lowest BCUT2D eigenvalue weighted by molar-refractivity contribution is 0.103. The highest BCUT2D eigenvalue weighted by atomic mass is 79.9. The Bertz CT molecular complexity index is 1560. The lowest BCUT2D eigenvalue weighted by Crippen LogP contribution is -2.05. The molecule has 0 spiro atoms. The molecule has 0 aliphatic heterocycles. The number of carbonyl (C=O) groups is 1. The largest absolute Gasteiger partial charge is 0.344 e. The molecule has 1 aromatic heterocycles. The van der Waals surface area contributed by atoms with E-state index in [1.807, 2.05) is 48.5 Å². The van der Waals surface area contributed by atoms with Gasteiger partial charge in [-0.05, 0) is 46.5 Å². The van der Waals surface area contributed by atoms with Crippen molar-refractivity contribution in [2.24, 2.45) is 7.05 Å². The monoisotopic (exact) mass is 477 g/mol. The van der Waals surface area contributed by atoms with Crippen molar-refractivity contribution >= 4 is 49.1 Å². The molecule has 0 atom stereocenters. The third kappa shape index (κ3) is 2.81. The van der Waals surface area contributed by atoms with E-state index in [4.69, 9.17) is 0 Å². The first kappa shape index (κ1) is 19.3. The maximum Gasteiger partial charge on any atom is 0.189 e. The highest BCUT2D eigenvalue weighted by Crippen LogP contribution is 2.44. The van der Waals surface area contributed by atoms with Gasteiger partial charge in [0.15, 0.2) is 5.78 Å². The van der Waals surface area contributed by atoms with E-state index in [9.17, 15) is 4.79 Å². The van der Waals surface area contributed by atoms with E-state index < -0.39 is 0 Å². The lowest BCUT2D eigenvalue weighted by Gasteiger charge is -2.09. The highest BCUT2D eigenvalue weighted by Gasteiger charge is 2.30. The Kier molecular flexibility index (Phi) is 4.41. The standard InChI is InChI=1S/C29H20BrNO/c1-31-25-14-12-20(30)16-23(25)28-22-17-24(29(32)19-10-6-3-7-11-19)27(18-8-4-2-5-9-18)21(22)13-15-26(28)31/h2-16H,17H2,1H3. The first-order valence-electron chi connectivity index (χ1n) is 10.7. The maximum absolute atomic E-state index is 13.7. The number of Topliss-reactive ketones (excluding diaryl/α,β-unsaturated/α-hetero) is 1. The molecule has 0 bridgehead atoms. The fourth-order valence-corrected chi connectivity index (χ4v) is 5.45. The van der Waals surface area contributed by atoms with Gasteiger partial charge in [-0.1, -0.05) is 82.7 Å². The van der Waals surface area contributed by atoms with Crippen LogP contribution in [0.3, 0.4) is 0 Å². The predicted molar refractivity (Wildman–Crippen MR) is 135 cm³/mol. The second-order valence-electron chi connectivity index (χ2n) is 8.30. The second kappa shape index (κ2) is 7.32. The van der Waals surface area contributed by atoms with Gasteiger partial charge in [0.1, 0.15) is 0 Å². The third-order valence-corrected chi connectivity index (χ3v) is 7.03. The topological polar surface area (TPSA) is 22.0 Å². The fraction of sp³-hybridized carbons (Fsp3) is 0.0690. The van der Waals surface area contributed by atoms with Gasteiger partial charge in [0, 0.05) is 50.9 Å². The average Bonchev–Trinajstić information content (AvgIpc) is 3.35. The van der Waals surface area contributed by atoms with Crippen molar-refractivity contribution in [1.82, 2.24) is 4.57 Å². The van der Waals surface area contributed by atoms with Crippen molar-refractivity contribution in [1.29, 1.82) is 0 Å². The molecule has 154 valence electrons. The number of halogens is 1. The van der Waals surface area contributed by atoms with E-state index in [0.717, 1.165) is 32.3 Å². The summed E-state index contributed by atoms with van der Waals surface area (Å²) < 4.78 is 3.31. The van der Waals surface area contributed by atoms with Crippen LogP contribution in [0.5, 0.6) is 0 Å². The summed E-state index contributed by atoms with van der Waals surface area (Å²) in [5.41, 5.74) is 8.55. The summed E-state index contributed by atoms with van der Waals surface area (Å²) >= 11 is 3.65. The number of hydrogen-bond acceptors (Lipinski definition) is 1. The summed E-state index contributed by atoms with van der Waals surface area (Å²) in [6.07, 6.45) is 0.635. The average molecular weight is 478 g/mol. The molecular weight excluding hydrogens is 458 g/mol. The van der Waals surface area contributed by atoms with Gasteiger partial charge >= 0.3 is 0 Å². The summed E-state index contributed by atoms with van der Waals surface area (Å²) in [4.78, 5) is 13.7. The Labute approximate surface area is 194 Å². The van der Waals surface area contributed by atoms with Crippen LogP contribution in [0.25, 0.3) is 27.4 Å². The van der Waals surface area contributed by atoms with Crippen molar-refractivity contribution in [3.8, 4) is 0 Å². The number of aryl methyl sites for hydroxylation is 1. The van der Waals surface area contributed by atoms with Gasteiger partial charge in [0.25, 0.3) is 0 Å². The molecule has 0 amide bonds. The zero-order valence-corrected chi connectivity index (χ0v) is 19.2. The number of benzene rings is 4. The Hall–Kier alpha value is -3.43. The lowest BCUT2D eigenvalue weighted by atomic mass is 9.94. The molecule has 0 unspecified atom stereocenters. The molecule has 0 N–H and O–H groups in total. The molecule has 32 heavy (non-hydrogen) atoms. The summed E-state index contributed by atoms with van der Waals surface area (Å²) in [7, 11) is 2.11. The Balaban J connectivity index is 1.66. The smallest absolute Gasteiger partial charge is 0.189 e. The number of allylic oxidation sites excluding steroid dienone is 1. The van der Waals surface area contributed by atoms with Crippen LogP contribution in [0.2, 0.25) is 0 Å². The van der Waals surface area contributed by atoms with Gasteiger partial charge in [-0.3, -0.25) is 4.79 Å². The number of aromatic nitrogens is 1. The molecular formula is C29H20BrNO.